The molecular weight excluding hydrogens is 388 g/mol. The third kappa shape index (κ3) is 5.14. The molecule has 166 valence electrons. The SMILES string of the molecule is CCCNCCNc1ccnn2cc(-c3cnc(N4CCN(C(C)C)CC4)cn3)cc12. The second kappa shape index (κ2) is 10.1. The minimum Gasteiger partial charge on any atom is -0.382 e. The van der Waals surface area contributed by atoms with Crippen LogP contribution < -0.4 is 15.5 Å². The molecule has 0 atom stereocenters. The largest absolute Gasteiger partial charge is 0.382 e. The highest BCUT2D eigenvalue weighted by Gasteiger charge is 2.20. The molecule has 0 aromatic carbocycles. The van der Waals surface area contributed by atoms with E-state index >= 15 is 0 Å². The summed E-state index contributed by atoms with van der Waals surface area (Å²) in [5.74, 6) is 0.955. The average molecular weight is 423 g/mol. The normalized spacial score (nSPS) is 15.2. The maximum absolute atomic E-state index is 4.71. The van der Waals surface area contributed by atoms with Crippen molar-refractivity contribution in [2.24, 2.45) is 0 Å². The second-order valence-electron chi connectivity index (χ2n) is 8.36. The fourth-order valence-corrected chi connectivity index (χ4v) is 3.99. The minimum atomic E-state index is 0.597. The van der Waals surface area contributed by atoms with E-state index in [1.165, 1.54) is 0 Å². The van der Waals surface area contributed by atoms with Gasteiger partial charge < -0.3 is 15.5 Å². The van der Waals surface area contributed by atoms with E-state index in [9.17, 15) is 0 Å². The Hall–Kier alpha value is -2.71. The number of nitrogens with zero attached hydrogens (tertiary/aromatic N) is 6. The molecule has 1 aliphatic heterocycles. The van der Waals surface area contributed by atoms with E-state index in [-0.39, 0.29) is 0 Å². The molecule has 0 bridgehead atoms. The molecule has 0 spiro atoms. The van der Waals surface area contributed by atoms with Gasteiger partial charge in [0.2, 0.25) is 0 Å². The number of hydrogen-bond acceptors (Lipinski definition) is 7. The fraction of sp³-hybridized carbons (Fsp3) is 0.522. The molecule has 0 radical (unpaired) electrons. The molecular formula is C23H34N8. The summed E-state index contributed by atoms with van der Waals surface area (Å²) < 4.78 is 1.90. The Labute approximate surface area is 184 Å². The zero-order valence-corrected chi connectivity index (χ0v) is 18.9. The molecule has 1 fully saturated rings. The Balaban J connectivity index is 1.43. The van der Waals surface area contributed by atoms with Gasteiger partial charge in [0, 0.05) is 63.3 Å². The van der Waals surface area contributed by atoms with E-state index < -0.39 is 0 Å². The van der Waals surface area contributed by atoms with E-state index in [4.69, 9.17) is 9.97 Å². The first-order chi connectivity index (χ1) is 15.2. The number of hydrogen-bond donors (Lipinski definition) is 2. The molecule has 4 rings (SSSR count). The summed E-state index contributed by atoms with van der Waals surface area (Å²) in [6, 6.07) is 4.74. The molecule has 0 unspecified atom stereocenters. The zero-order valence-electron chi connectivity index (χ0n) is 18.9. The lowest BCUT2D eigenvalue weighted by Gasteiger charge is -2.37. The standard InChI is InChI=1S/C23H34N8/c1-4-6-24-8-9-25-20-5-7-28-31-17-19(14-22(20)31)21-15-27-23(16-26-21)30-12-10-29(11-13-30)18(2)3/h5,7,14-18,24-25H,4,6,8-13H2,1-3H3. The predicted octanol–water partition coefficient (Wildman–Crippen LogP) is 2.73. The molecule has 3 aromatic heterocycles. The molecule has 0 amide bonds. The van der Waals surface area contributed by atoms with Crippen LogP contribution in [0.2, 0.25) is 0 Å². The first kappa shape index (κ1) is 21.5. The lowest BCUT2D eigenvalue weighted by atomic mass is 10.2. The van der Waals surface area contributed by atoms with Gasteiger partial charge in [-0.3, -0.25) is 9.88 Å². The van der Waals surface area contributed by atoms with Gasteiger partial charge in [-0.05, 0) is 38.9 Å². The smallest absolute Gasteiger partial charge is 0.147 e. The predicted molar refractivity (Wildman–Crippen MR) is 127 cm³/mol. The Morgan fingerprint density at radius 1 is 1.03 bits per heavy atom. The molecule has 4 heterocycles. The van der Waals surface area contributed by atoms with E-state index in [2.05, 4.69) is 52.4 Å². The van der Waals surface area contributed by atoms with Crippen LogP contribution in [0.3, 0.4) is 0 Å². The van der Waals surface area contributed by atoms with Crippen LogP contribution >= 0.6 is 0 Å². The van der Waals surface area contributed by atoms with Gasteiger partial charge in [0.15, 0.2) is 0 Å². The van der Waals surface area contributed by atoms with Gasteiger partial charge in [0.25, 0.3) is 0 Å². The molecule has 0 aliphatic carbocycles. The lowest BCUT2D eigenvalue weighted by molar-refractivity contribution is 0.209. The second-order valence-corrected chi connectivity index (χ2v) is 8.36. The highest BCUT2D eigenvalue weighted by Crippen LogP contribution is 2.25. The number of rotatable bonds is 9. The Morgan fingerprint density at radius 3 is 2.58 bits per heavy atom. The lowest BCUT2D eigenvalue weighted by Crippen LogP contribution is -2.49. The zero-order chi connectivity index (χ0) is 21.6. The van der Waals surface area contributed by atoms with Crippen LogP contribution in [0, 0.1) is 0 Å². The van der Waals surface area contributed by atoms with Crippen molar-refractivity contribution in [3.8, 4) is 11.3 Å². The Kier molecular flexibility index (Phi) is 6.99. The number of fused-ring (bicyclic) bond motifs is 1. The molecule has 31 heavy (non-hydrogen) atoms. The molecule has 0 saturated carbocycles. The van der Waals surface area contributed by atoms with Crippen molar-refractivity contribution in [1.29, 1.82) is 0 Å². The van der Waals surface area contributed by atoms with Crippen LogP contribution in [0.5, 0.6) is 0 Å². The van der Waals surface area contributed by atoms with Crippen molar-refractivity contribution in [2.45, 2.75) is 33.2 Å². The topological polar surface area (TPSA) is 73.6 Å². The van der Waals surface area contributed by atoms with Gasteiger partial charge in [-0.25, -0.2) is 9.50 Å². The molecule has 3 aromatic rings. The van der Waals surface area contributed by atoms with Crippen LogP contribution in [0.25, 0.3) is 16.8 Å². The fourth-order valence-electron chi connectivity index (χ4n) is 3.99. The minimum absolute atomic E-state index is 0.597. The highest BCUT2D eigenvalue weighted by molar-refractivity contribution is 5.78. The van der Waals surface area contributed by atoms with Crippen LogP contribution in [0.1, 0.15) is 27.2 Å². The molecule has 8 nitrogen and oxygen atoms in total. The van der Waals surface area contributed by atoms with Gasteiger partial charge in [-0.2, -0.15) is 5.10 Å². The summed E-state index contributed by atoms with van der Waals surface area (Å²) in [6.07, 6.45) is 8.76. The highest BCUT2D eigenvalue weighted by atomic mass is 15.3. The summed E-state index contributed by atoms with van der Waals surface area (Å²) in [5.41, 5.74) is 4.01. The van der Waals surface area contributed by atoms with Crippen molar-refractivity contribution in [3.05, 3.63) is 36.9 Å². The summed E-state index contributed by atoms with van der Waals surface area (Å²) in [7, 11) is 0. The quantitative estimate of drug-likeness (QED) is 0.514. The number of anilines is 2. The maximum Gasteiger partial charge on any atom is 0.147 e. The van der Waals surface area contributed by atoms with Crippen LogP contribution in [0.15, 0.2) is 36.9 Å². The van der Waals surface area contributed by atoms with Gasteiger partial charge >= 0.3 is 0 Å². The molecule has 2 N–H and O–H groups in total. The van der Waals surface area contributed by atoms with Crippen molar-refractivity contribution >= 4 is 17.0 Å². The van der Waals surface area contributed by atoms with Crippen molar-refractivity contribution in [1.82, 2.24) is 29.8 Å². The molecule has 1 saturated heterocycles. The van der Waals surface area contributed by atoms with Gasteiger partial charge in [-0.1, -0.05) is 6.92 Å². The summed E-state index contributed by atoms with van der Waals surface area (Å²) in [6.45, 7) is 13.7. The third-order valence-corrected chi connectivity index (χ3v) is 5.86. The third-order valence-electron chi connectivity index (χ3n) is 5.86. The van der Waals surface area contributed by atoms with E-state index in [0.717, 1.165) is 80.5 Å². The Bertz CT molecular complexity index is 957. The summed E-state index contributed by atoms with van der Waals surface area (Å²) in [4.78, 5) is 14.2. The monoisotopic (exact) mass is 422 g/mol. The van der Waals surface area contributed by atoms with E-state index in [1.807, 2.05) is 35.4 Å². The summed E-state index contributed by atoms with van der Waals surface area (Å²) in [5, 5.41) is 11.4. The average Bonchev–Trinajstić information content (AvgIpc) is 3.24. The first-order valence-electron chi connectivity index (χ1n) is 11.4. The number of nitrogens with one attached hydrogen (secondary N) is 2. The van der Waals surface area contributed by atoms with Crippen LogP contribution in [-0.2, 0) is 0 Å². The summed E-state index contributed by atoms with van der Waals surface area (Å²) >= 11 is 0. The van der Waals surface area contributed by atoms with Crippen LogP contribution in [-0.4, -0.2) is 76.3 Å². The van der Waals surface area contributed by atoms with Crippen LogP contribution in [0.4, 0.5) is 11.5 Å². The van der Waals surface area contributed by atoms with Gasteiger partial charge in [0.05, 0.1) is 29.3 Å². The van der Waals surface area contributed by atoms with Gasteiger partial charge in [-0.15, -0.1) is 0 Å². The molecule has 8 heteroatoms. The van der Waals surface area contributed by atoms with E-state index in [1.54, 1.807) is 0 Å². The van der Waals surface area contributed by atoms with E-state index in [0.29, 0.717) is 6.04 Å². The van der Waals surface area contributed by atoms with Crippen molar-refractivity contribution in [3.63, 3.8) is 0 Å². The first-order valence-corrected chi connectivity index (χ1v) is 11.4. The maximum atomic E-state index is 4.71. The van der Waals surface area contributed by atoms with Gasteiger partial charge in [0.1, 0.15) is 5.82 Å². The Morgan fingerprint density at radius 2 is 1.87 bits per heavy atom. The van der Waals surface area contributed by atoms with Crippen molar-refractivity contribution in [2.75, 3.05) is 56.0 Å². The molecule has 1 aliphatic rings. The number of piperazine rings is 1. The van der Waals surface area contributed by atoms with Crippen molar-refractivity contribution < 1.29 is 0 Å². The number of aromatic nitrogens is 4.